The Kier molecular flexibility index (Phi) is 6.72. The minimum absolute atomic E-state index is 0.488. The molecule has 1 saturated heterocycles. The summed E-state index contributed by atoms with van der Waals surface area (Å²) in [6.07, 6.45) is 4.71. The summed E-state index contributed by atoms with van der Waals surface area (Å²) in [4.78, 5) is 0. The Balaban J connectivity index is 2.07. The van der Waals surface area contributed by atoms with Crippen molar-refractivity contribution >= 4 is 0 Å². The molecular formula is C19H31NO. The Morgan fingerprint density at radius 2 is 1.81 bits per heavy atom. The SMILES string of the molecule is CCCNC(c1ccc(CC(C)C)cc1)C1CCOCC1. The highest BCUT2D eigenvalue weighted by Crippen LogP contribution is 2.30. The van der Waals surface area contributed by atoms with E-state index in [0.717, 1.165) is 25.7 Å². The lowest BCUT2D eigenvalue weighted by Crippen LogP contribution is -2.32. The number of rotatable bonds is 7. The van der Waals surface area contributed by atoms with Gasteiger partial charge in [0.25, 0.3) is 0 Å². The van der Waals surface area contributed by atoms with Gasteiger partial charge in [0.05, 0.1) is 0 Å². The van der Waals surface area contributed by atoms with Crippen molar-refractivity contribution in [1.29, 1.82) is 0 Å². The zero-order chi connectivity index (χ0) is 15.1. The fourth-order valence-electron chi connectivity index (χ4n) is 3.24. The summed E-state index contributed by atoms with van der Waals surface area (Å²) < 4.78 is 5.53. The van der Waals surface area contributed by atoms with Gasteiger partial charge in [-0.3, -0.25) is 0 Å². The third-order valence-electron chi connectivity index (χ3n) is 4.33. The van der Waals surface area contributed by atoms with Crippen molar-refractivity contribution in [2.75, 3.05) is 19.8 Å². The monoisotopic (exact) mass is 289 g/mol. The molecule has 1 heterocycles. The first-order valence-corrected chi connectivity index (χ1v) is 8.60. The van der Waals surface area contributed by atoms with Crippen LogP contribution in [0.2, 0.25) is 0 Å². The molecule has 2 nitrogen and oxygen atoms in total. The summed E-state index contributed by atoms with van der Waals surface area (Å²) in [5, 5.41) is 3.76. The third-order valence-corrected chi connectivity index (χ3v) is 4.33. The zero-order valence-electron chi connectivity index (χ0n) is 13.9. The van der Waals surface area contributed by atoms with Crippen molar-refractivity contribution in [3.63, 3.8) is 0 Å². The molecule has 0 amide bonds. The van der Waals surface area contributed by atoms with E-state index in [1.165, 1.54) is 36.8 Å². The van der Waals surface area contributed by atoms with Crippen LogP contribution < -0.4 is 5.32 Å². The molecular weight excluding hydrogens is 258 g/mol. The van der Waals surface area contributed by atoms with Crippen LogP contribution in [0.1, 0.15) is 57.2 Å². The van der Waals surface area contributed by atoms with Crippen molar-refractivity contribution in [2.45, 2.75) is 52.5 Å². The van der Waals surface area contributed by atoms with Gasteiger partial charge in [-0.25, -0.2) is 0 Å². The highest BCUT2D eigenvalue weighted by Gasteiger charge is 2.24. The lowest BCUT2D eigenvalue weighted by atomic mass is 9.86. The molecule has 0 bridgehead atoms. The van der Waals surface area contributed by atoms with Crippen molar-refractivity contribution in [2.24, 2.45) is 11.8 Å². The largest absolute Gasteiger partial charge is 0.381 e. The predicted molar refractivity (Wildman–Crippen MR) is 89.6 cm³/mol. The van der Waals surface area contributed by atoms with Gasteiger partial charge in [0.1, 0.15) is 0 Å². The van der Waals surface area contributed by atoms with Gasteiger partial charge >= 0.3 is 0 Å². The van der Waals surface area contributed by atoms with Crippen LogP contribution in [0, 0.1) is 11.8 Å². The van der Waals surface area contributed by atoms with Crippen LogP contribution >= 0.6 is 0 Å². The molecule has 0 spiro atoms. The van der Waals surface area contributed by atoms with E-state index in [2.05, 4.69) is 50.4 Å². The Bertz CT molecular complexity index is 393. The topological polar surface area (TPSA) is 21.3 Å². The summed E-state index contributed by atoms with van der Waals surface area (Å²) in [6, 6.07) is 9.79. The molecule has 21 heavy (non-hydrogen) atoms. The molecule has 0 saturated carbocycles. The fourth-order valence-corrected chi connectivity index (χ4v) is 3.24. The second kappa shape index (κ2) is 8.55. The van der Waals surface area contributed by atoms with E-state index in [1.807, 2.05) is 0 Å². The summed E-state index contributed by atoms with van der Waals surface area (Å²) in [5.41, 5.74) is 2.90. The van der Waals surface area contributed by atoms with Gasteiger partial charge in [-0.15, -0.1) is 0 Å². The van der Waals surface area contributed by atoms with Crippen LogP contribution in [0.5, 0.6) is 0 Å². The predicted octanol–water partition coefficient (Wildman–Crippen LogP) is 4.35. The summed E-state index contributed by atoms with van der Waals surface area (Å²) in [6.45, 7) is 9.72. The molecule has 118 valence electrons. The zero-order valence-corrected chi connectivity index (χ0v) is 13.9. The molecule has 1 aromatic carbocycles. The summed E-state index contributed by atoms with van der Waals surface area (Å²) >= 11 is 0. The normalized spacial score (nSPS) is 18.1. The van der Waals surface area contributed by atoms with Crippen molar-refractivity contribution in [3.05, 3.63) is 35.4 Å². The van der Waals surface area contributed by atoms with Gasteiger partial charge < -0.3 is 10.1 Å². The van der Waals surface area contributed by atoms with Gasteiger partial charge in [-0.2, -0.15) is 0 Å². The van der Waals surface area contributed by atoms with Crippen LogP contribution in [0.3, 0.4) is 0 Å². The lowest BCUT2D eigenvalue weighted by Gasteiger charge is -2.31. The minimum Gasteiger partial charge on any atom is -0.381 e. The van der Waals surface area contributed by atoms with E-state index in [4.69, 9.17) is 4.74 Å². The van der Waals surface area contributed by atoms with Crippen LogP contribution in [-0.2, 0) is 11.2 Å². The fraction of sp³-hybridized carbons (Fsp3) is 0.684. The number of nitrogens with one attached hydrogen (secondary N) is 1. The van der Waals surface area contributed by atoms with Gasteiger partial charge in [0.15, 0.2) is 0 Å². The second-order valence-electron chi connectivity index (χ2n) is 6.72. The Labute approximate surface area is 130 Å². The van der Waals surface area contributed by atoms with Gasteiger partial charge in [-0.05, 0) is 55.2 Å². The Morgan fingerprint density at radius 3 is 2.38 bits per heavy atom. The van der Waals surface area contributed by atoms with E-state index in [1.54, 1.807) is 0 Å². The number of benzene rings is 1. The molecule has 2 heteroatoms. The van der Waals surface area contributed by atoms with E-state index in [-0.39, 0.29) is 0 Å². The maximum Gasteiger partial charge on any atom is 0.0469 e. The van der Waals surface area contributed by atoms with E-state index >= 15 is 0 Å². The molecule has 1 aromatic rings. The molecule has 1 unspecified atom stereocenters. The first kappa shape index (κ1) is 16.5. The molecule has 1 atom stereocenters. The smallest absolute Gasteiger partial charge is 0.0469 e. The van der Waals surface area contributed by atoms with Gasteiger partial charge in [0.2, 0.25) is 0 Å². The molecule has 0 aromatic heterocycles. The average molecular weight is 289 g/mol. The summed E-state index contributed by atoms with van der Waals surface area (Å²) in [5.74, 6) is 1.43. The maximum atomic E-state index is 5.53. The second-order valence-corrected chi connectivity index (χ2v) is 6.72. The first-order valence-electron chi connectivity index (χ1n) is 8.60. The van der Waals surface area contributed by atoms with Crippen molar-refractivity contribution < 1.29 is 4.74 Å². The summed E-state index contributed by atoms with van der Waals surface area (Å²) in [7, 11) is 0. The number of hydrogen-bond acceptors (Lipinski definition) is 2. The quantitative estimate of drug-likeness (QED) is 0.805. The molecule has 0 radical (unpaired) electrons. The molecule has 1 fully saturated rings. The number of hydrogen-bond donors (Lipinski definition) is 1. The van der Waals surface area contributed by atoms with E-state index in [9.17, 15) is 0 Å². The van der Waals surface area contributed by atoms with Crippen LogP contribution in [0.15, 0.2) is 24.3 Å². The van der Waals surface area contributed by atoms with Gasteiger partial charge in [-0.1, -0.05) is 45.0 Å². The standard InChI is InChI=1S/C19H31NO/c1-4-11-20-19(18-9-12-21-13-10-18)17-7-5-16(6-8-17)14-15(2)3/h5-8,15,18-20H,4,9-14H2,1-3H3. The minimum atomic E-state index is 0.488. The highest BCUT2D eigenvalue weighted by molar-refractivity contribution is 5.26. The van der Waals surface area contributed by atoms with E-state index in [0.29, 0.717) is 12.0 Å². The van der Waals surface area contributed by atoms with Crippen molar-refractivity contribution in [3.8, 4) is 0 Å². The molecule has 1 aliphatic rings. The van der Waals surface area contributed by atoms with Crippen LogP contribution in [0.25, 0.3) is 0 Å². The molecule has 2 rings (SSSR count). The van der Waals surface area contributed by atoms with Crippen LogP contribution in [0.4, 0.5) is 0 Å². The van der Waals surface area contributed by atoms with Gasteiger partial charge in [0, 0.05) is 19.3 Å². The molecule has 1 aliphatic heterocycles. The average Bonchev–Trinajstić information content (AvgIpc) is 2.50. The van der Waals surface area contributed by atoms with Crippen molar-refractivity contribution in [1.82, 2.24) is 5.32 Å². The van der Waals surface area contributed by atoms with E-state index < -0.39 is 0 Å². The Hall–Kier alpha value is -0.860. The lowest BCUT2D eigenvalue weighted by molar-refractivity contribution is 0.0536. The van der Waals surface area contributed by atoms with Crippen LogP contribution in [-0.4, -0.2) is 19.8 Å². The maximum absolute atomic E-state index is 5.53. The first-order chi connectivity index (χ1) is 10.2. The molecule has 1 N–H and O–H groups in total. The third kappa shape index (κ3) is 5.12. The molecule has 0 aliphatic carbocycles. The number of ether oxygens (including phenoxy) is 1. The highest BCUT2D eigenvalue weighted by atomic mass is 16.5. The Morgan fingerprint density at radius 1 is 1.14 bits per heavy atom.